The van der Waals surface area contributed by atoms with Crippen LogP contribution in [0.5, 0.6) is 0 Å². The van der Waals surface area contributed by atoms with Crippen LogP contribution in [0.3, 0.4) is 0 Å². The smallest absolute Gasteiger partial charge is 0.259 e. The van der Waals surface area contributed by atoms with Crippen molar-refractivity contribution in [1.82, 2.24) is 10.2 Å². The van der Waals surface area contributed by atoms with Crippen LogP contribution in [-0.4, -0.2) is 37.0 Å². The van der Waals surface area contributed by atoms with Crippen molar-refractivity contribution in [2.24, 2.45) is 0 Å². The molecule has 0 aromatic heterocycles. The van der Waals surface area contributed by atoms with Crippen molar-refractivity contribution in [3.8, 4) is 0 Å². The summed E-state index contributed by atoms with van der Waals surface area (Å²) in [6.45, 7) is 0.862. The number of nitrogens with zero attached hydrogens (tertiary/aromatic N) is 1. The average Bonchev–Trinajstić information content (AvgIpc) is 2.37. The van der Waals surface area contributed by atoms with E-state index in [1.807, 2.05) is 7.05 Å². The lowest BCUT2D eigenvalue weighted by atomic mass is 10.0. The number of hydrogen-bond donors (Lipinski definition) is 1. The molecule has 0 radical (unpaired) electrons. The molecule has 0 spiro atoms. The normalized spacial score (nSPS) is 16.7. The van der Waals surface area contributed by atoms with Crippen LogP contribution in [0.4, 0.5) is 13.2 Å². The average molecular weight is 272 g/mol. The second-order valence-electron chi connectivity index (χ2n) is 4.60. The van der Waals surface area contributed by atoms with Gasteiger partial charge in [0, 0.05) is 31.3 Å². The molecule has 1 fully saturated rings. The van der Waals surface area contributed by atoms with E-state index < -0.39 is 28.9 Å². The molecule has 3 nitrogen and oxygen atoms in total. The van der Waals surface area contributed by atoms with Crippen molar-refractivity contribution < 1.29 is 18.0 Å². The molecule has 6 heteroatoms. The molecule has 1 aromatic carbocycles. The highest BCUT2D eigenvalue weighted by Gasteiger charge is 2.27. The molecule has 104 valence electrons. The summed E-state index contributed by atoms with van der Waals surface area (Å²) in [6.07, 6.45) is 1.46. The van der Waals surface area contributed by atoms with Crippen LogP contribution in [0, 0.1) is 17.5 Å². The predicted octanol–water partition coefficient (Wildman–Crippen LogP) is 1.93. The number of halogens is 3. The monoisotopic (exact) mass is 272 g/mol. The summed E-state index contributed by atoms with van der Waals surface area (Å²) in [7, 11) is 1.83. The Labute approximate surface area is 109 Å². The maximum Gasteiger partial charge on any atom is 0.259 e. The Morgan fingerprint density at radius 1 is 1.21 bits per heavy atom. The Morgan fingerprint density at radius 3 is 2.21 bits per heavy atom. The van der Waals surface area contributed by atoms with E-state index in [2.05, 4.69) is 5.32 Å². The summed E-state index contributed by atoms with van der Waals surface area (Å²) in [4.78, 5) is 13.4. The summed E-state index contributed by atoms with van der Waals surface area (Å²) in [6, 6.07) is 1.36. The summed E-state index contributed by atoms with van der Waals surface area (Å²) in [5.41, 5.74) is -0.677. The zero-order valence-electron chi connectivity index (χ0n) is 10.5. The van der Waals surface area contributed by atoms with Crippen LogP contribution in [0.25, 0.3) is 0 Å². The predicted molar refractivity (Wildman–Crippen MR) is 64.3 cm³/mol. The van der Waals surface area contributed by atoms with Gasteiger partial charge in [0.1, 0.15) is 23.0 Å². The maximum absolute atomic E-state index is 13.5. The molecule has 1 aliphatic heterocycles. The van der Waals surface area contributed by atoms with Gasteiger partial charge in [-0.3, -0.25) is 4.79 Å². The fraction of sp³-hybridized carbons (Fsp3) is 0.462. The van der Waals surface area contributed by atoms with Gasteiger partial charge in [-0.05, 0) is 19.9 Å². The lowest BCUT2D eigenvalue weighted by Crippen LogP contribution is -2.44. The van der Waals surface area contributed by atoms with Gasteiger partial charge in [-0.2, -0.15) is 0 Å². The van der Waals surface area contributed by atoms with Crippen LogP contribution >= 0.6 is 0 Å². The van der Waals surface area contributed by atoms with Crippen LogP contribution in [0.15, 0.2) is 12.1 Å². The first-order valence-corrected chi connectivity index (χ1v) is 6.14. The minimum absolute atomic E-state index is 0.312. The number of carbonyl (C=O) groups is 1. The molecular weight excluding hydrogens is 257 g/mol. The van der Waals surface area contributed by atoms with Crippen LogP contribution in [-0.2, 0) is 0 Å². The summed E-state index contributed by atoms with van der Waals surface area (Å²) in [5.74, 6) is -4.05. The Hall–Kier alpha value is -1.56. The van der Waals surface area contributed by atoms with E-state index >= 15 is 0 Å². The highest BCUT2D eigenvalue weighted by atomic mass is 19.1. The lowest BCUT2D eigenvalue weighted by molar-refractivity contribution is 0.0697. The van der Waals surface area contributed by atoms with E-state index in [0.29, 0.717) is 31.3 Å². The molecule has 2 rings (SSSR count). The van der Waals surface area contributed by atoms with Crippen molar-refractivity contribution in [3.05, 3.63) is 35.1 Å². The zero-order chi connectivity index (χ0) is 14.0. The molecule has 1 heterocycles. The van der Waals surface area contributed by atoms with E-state index in [4.69, 9.17) is 0 Å². The van der Waals surface area contributed by atoms with Crippen molar-refractivity contribution >= 4 is 5.91 Å². The minimum atomic E-state index is -1.15. The van der Waals surface area contributed by atoms with Gasteiger partial charge in [0.25, 0.3) is 5.91 Å². The molecule has 0 atom stereocenters. The number of benzene rings is 1. The van der Waals surface area contributed by atoms with Gasteiger partial charge in [-0.25, -0.2) is 13.2 Å². The molecule has 0 aliphatic carbocycles. The Morgan fingerprint density at radius 2 is 1.74 bits per heavy atom. The first kappa shape index (κ1) is 13.9. The van der Waals surface area contributed by atoms with E-state index in [1.165, 1.54) is 4.90 Å². The second kappa shape index (κ2) is 5.61. The van der Waals surface area contributed by atoms with Gasteiger partial charge in [-0.15, -0.1) is 0 Å². The number of hydrogen-bond acceptors (Lipinski definition) is 2. The van der Waals surface area contributed by atoms with E-state index in [0.717, 1.165) is 12.8 Å². The first-order valence-electron chi connectivity index (χ1n) is 6.14. The Bertz CT molecular complexity index is 462. The fourth-order valence-corrected chi connectivity index (χ4v) is 2.28. The van der Waals surface area contributed by atoms with Crippen molar-refractivity contribution in [2.75, 3.05) is 20.1 Å². The van der Waals surface area contributed by atoms with Gasteiger partial charge < -0.3 is 10.2 Å². The molecule has 1 aromatic rings. The van der Waals surface area contributed by atoms with Gasteiger partial charge >= 0.3 is 0 Å². The molecule has 1 amide bonds. The molecule has 19 heavy (non-hydrogen) atoms. The van der Waals surface area contributed by atoms with Crippen LogP contribution in [0.2, 0.25) is 0 Å². The van der Waals surface area contributed by atoms with Gasteiger partial charge in [-0.1, -0.05) is 0 Å². The topological polar surface area (TPSA) is 32.3 Å². The summed E-state index contributed by atoms with van der Waals surface area (Å²) >= 11 is 0. The number of likely N-dealkylation sites (tertiary alicyclic amines) is 1. The van der Waals surface area contributed by atoms with Crippen LogP contribution in [0.1, 0.15) is 23.2 Å². The number of nitrogens with one attached hydrogen (secondary N) is 1. The third-order valence-electron chi connectivity index (χ3n) is 3.41. The number of rotatable bonds is 2. The first-order chi connectivity index (χ1) is 9.02. The second-order valence-corrected chi connectivity index (χ2v) is 4.60. The highest BCUT2D eigenvalue weighted by Crippen LogP contribution is 2.19. The Balaban J connectivity index is 2.17. The van der Waals surface area contributed by atoms with Crippen molar-refractivity contribution in [2.45, 2.75) is 18.9 Å². The van der Waals surface area contributed by atoms with E-state index in [-0.39, 0.29) is 0 Å². The third-order valence-corrected chi connectivity index (χ3v) is 3.41. The maximum atomic E-state index is 13.5. The minimum Gasteiger partial charge on any atom is -0.338 e. The van der Waals surface area contributed by atoms with Crippen molar-refractivity contribution in [1.29, 1.82) is 0 Å². The lowest BCUT2D eigenvalue weighted by Gasteiger charge is -2.32. The number of amides is 1. The van der Waals surface area contributed by atoms with Crippen molar-refractivity contribution in [3.63, 3.8) is 0 Å². The Kier molecular flexibility index (Phi) is 4.09. The quantitative estimate of drug-likeness (QED) is 0.892. The van der Waals surface area contributed by atoms with Gasteiger partial charge in [0.2, 0.25) is 0 Å². The number of carbonyl (C=O) groups excluding carboxylic acids is 1. The molecule has 1 saturated heterocycles. The zero-order valence-corrected chi connectivity index (χ0v) is 10.5. The molecule has 1 aliphatic rings. The largest absolute Gasteiger partial charge is 0.338 e. The van der Waals surface area contributed by atoms with Gasteiger partial charge in [0.05, 0.1) is 0 Å². The highest BCUT2D eigenvalue weighted by molar-refractivity contribution is 5.94. The van der Waals surface area contributed by atoms with E-state index in [9.17, 15) is 18.0 Å². The molecule has 1 N–H and O–H groups in total. The van der Waals surface area contributed by atoms with Crippen LogP contribution < -0.4 is 5.32 Å². The van der Waals surface area contributed by atoms with E-state index in [1.54, 1.807) is 0 Å². The summed E-state index contributed by atoms with van der Waals surface area (Å²) in [5, 5.41) is 3.10. The molecular formula is C13H15F3N2O. The van der Waals surface area contributed by atoms with Gasteiger partial charge in [0.15, 0.2) is 0 Å². The molecule has 0 bridgehead atoms. The summed E-state index contributed by atoms with van der Waals surface area (Å²) < 4.78 is 39.8. The molecule has 0 unspecified atom stereocenters. The number of piperidine rings is 1. The SMILES string of the molecule is CNC1CCN(C(=O)c2c(F)cc(F)cc2F)CC1. The fourth-order valence-electron chi connectivity index (χ4n) is 2.28. The standard InChI is InChI=1S/C13H15F3N2O/c1-17-9-2-4-18(5-3-9)13(19)12-10(15)6-8(14)7-11(12)16/h6-7,9,17H,2-5H2,1H3. The third kappa shape index (κ3) is 2.89. The molecule has 0 saturated carbocycles.